The van der Waals surface area contributed by atoms with Crippen molar-refractivity contribution in [2.45, 2.75) is 37.1 Å². The number of anilines is 1. The Morgan fingerprint density at radius 3 is 2.17 bits per heavy atom. The van der Waals surface area contributed by atoms with E-state index in [9.17, 15) is 14.4 Å². The monoisotopic (exact) mass is 547 g/mol. The molecule has 10 heteroatoms. The SMILES string of the molecule is COC(=O)N[C@H](C(=O)Nc1ccccc1CC[C@@H]1CN[C@@H](OC(=O)O)CO1)C(c1ccccc1)c1ccccc1. The van der Waals surface area contributed by atoms with Gasteiger partial charge in [0.2, 0.25) is 5.91 Å². The Morgan fingerprint density at radius 2 is 1.60 bits per heavy atom. The molecule has 3 atom stereocenters. The summed E-state index contributed by atoms with van der Waals surface area (Å²) in [4.78, 5) is 37.0. The number of hydrogen-bond acceptors (Lipinski definition) is 7. The molecule has 1 saturated heterocycles. The van der Waals surface area contributed by atoms with E-state index in [-0.39, 0.29) is 18.6 Å². The van der Waals surface area contributed by atoms with Gasteiger partial charge in [0.15, 0.2) is 6.23 Å². The lowest BCUT2D eigenvalue weighted by Gasteiger charge is -2.29. The van der Waals surface area contributed by atoms with Gasteiger partial charge in [-0.3, -0.25) is 10.1 Å². The van der Waals surface area contributed by atoms with Gasteiger partial charge < -0.3 is 30.0 Å². The normalized spacial score (nSPS) is 17.4. The van der Waals surface area contributed by atoms with E-state index >= 15 is 0 Å². The van der Waals surface area contributed by atoms with Crippen molar-refractivity contribution in [3.8, 4) is 0 Å². The topological polar surface area (TPSA) is 135 Å². The van der Waals surface area contributed by atoms with Crippen LogP contribution in [0.25, 0.3) is 0 Å². The van der Waals surface area contributed by atoms with Crippen molar-refractivity contribution in [2.75, 3.05) is 25.6 Å². The average Bonchev–Trinajstić information content (AvgIpc) is 2.98. The van der Waals surface area contributed by atoms with Gasteiger partial charge in [0, 0.05) is 18.2 Å². The first-order valence-electron chi connectivity index (χ1n) is 13.0. The highest BCUT2D eigenvalue weighted by molar-refractivity contribution is 5.98. The predicted molar refractivity (Wildman–Crippen MR) is 148 cm³/mol. The molecule has 10 nitrogen and oxygen atoms in total. The van der Waals surface area contributed by atoms with Gasteiger partial charge in [-0.25, -0.2) is 9.59 Å². The lowest BCUT2D eigenvalue weighted by Crippen LogP contribution is -2.48. The standard InChI is InChI=1S/C30H33N3O7/c1-38-29(35)33-27(26(21-11-4-2-5-12-21)22-13-6-3-7-14-22)28(34)32-24-15-9-8-10-20(24)16-17-23-18-31-25(19-39-23)40-30(36)37/h2-15,23,25-27,31H,16-19H2,1H3,(H,32,34)(H,33,35)(H,36,37)/t23-,25+,27+/m1/s1. The van der Waals surface area contributed by atoms with Gasteiger partial charge in [-0.05, 0) is 35.6 Å². The Bertz CT molecular complexity index is 1230. The molecule has 0 radical (unpaired) electrons. The lowest BCUT2D eigenvalue weighted by atomic mass is 9.84. The maximum atomic E-state index is 13.9. The number of para-hydroxylation sites is 1. The molecular weight excluding hydrogens is 514 g/mol. The average molecular weight is 548 g/mol. The second-order valence-electron chi connectivity index (χ2n) is 9.33. The number of rotatable bonds is 10. The summed E-state index contributed by atoms with van der Waals surface area (Å²) in [5.74, 6) is -0.865. The van der Waals surface area contributed by atoms with Crippen molar-refractivity contribution in [3.05, 3.63) is 102 Å². The molecule has 0 saturated carbocycles. The second kappa shape index (κ2) is 14.1. The summed E-state index contributed by atoms with van der Waals surface area (Å²) >= 11 is 0. The van der Waals surface area contributed by atoms with E-state index in [1.807, 2.05) is 84.9 Å². The fourth-order valence-electron chi connectivity index (χ4n) is 4.76. The molecule has 3 aromatic carbocycles. The third-order valence-corrected chi connectivity index (χ3v) is 6.70. The highest BCUT2D eigenvalue weighted by Gasteiger charge is 2.33. The van der Waals surface area contributed by atoms with Crippen molar-refractivity contribution in [3.63, 3.8) is 0 Å². The molecule has 3 aromatic rings. The van der Waals surface area contributed by atoms with E-state index in [1.54, 1.807) is 0 Å². The lowest BCUT2D eigenvalue weighted by molar-refractivity contribution is -0.118. The van der Waals surface area contributed by atoms with Crippen molar-refractivity contribution < 1.29 is 33.7 Å². The van der Waals surface area contributed by atoms with Crippen molar-refractivity contribution in [2.24, 2.45) is 0 Å². The predicted octanol–water partition coefficient (Wildman–Crippen LogP) is 4.12. The molecule has 0 bridgehead atoms. The summed E-state index contributed by atoms with van der Waals surface area (Å²) < 4.78 is 15.3. The number of morpholine rings is 1. The Kier molecular flexibility index (Phi) is 10.1. The maximum absolute atomic E-state index is 13.9. The van der Waals surface area contributed by atoms with Gasteiger partial charge in [-0.2, -0.15) is 0 Å². The molecule has 0 aliphatic carbocycles. The van der Waals surface area contributed by atoms with Gasteiger partial charge >= 0.3 is 12.2 Å². The molecule has 2 amide bonds. The largest absolute Gasteiger partial charge is 0.507 e. The number of aryl methyl sites for hydroxylation is 1. The summed E-state index contributed by atoms with van der Waals surface area (Å²) in [7, 11) is 1.26. The number of carboxylic acid groups (broad SMARTS) is 1. The van der Waals surface area contributed by atoms with E-state index in [1.165, 1.54) is 7.11 Å². The Hall–Kier alpha value is -4.41. The first-order chi connectivity index (χ1) is 19.4. The molecule has 1 aliphatic heterocycles. The van der Waals surface area contributed by atoms with Crippen molar-refractivity contribution in [1.29, 1.82) is 0 Å². The van der Waals surface area contributed by atoms with Crippen LogP contribution in [-0.2, 0) is 25.4 Å². The van der Waals surface area contributed by atoms with Gasteiger partial charge in [0.1, 0.15) is 6.04 Å². The number of amides is 2. The highest BCUT2D eigenvalue weighted by Crippen LogP contribution is 2.30. The Morgan fingerprint density at radius 1 is 0.975 bits per heavy atom. The molecule has 4 N–H and O–H groups in total. The zero-order valence-electron chi connectivity index (χ0n) is 22.1. The summed E-state index contributed by atoms with van der Waals surface area (Å²) in [6.45, 7) is 0.560. The molecule has 1 heterocycles. The van der Waals surface area contributed by atoms with E-state index in [0.29, 0.717) is 25.1 Å². The minimum Gasteiger partial charge on any atom is -0.453 e. The van der Waals surface area contributed by atoms with Crippen LogP contribution in [-0.4, -0.2) is 61.9 Å². The number of alkyl carbamates (subject to hydrolysis) is 1. The van der Waals surface area contributed by atoms with Crippen LogP contribution in [0.2, 0.25) is 0 Å². The van der Waals surface area contributed by atoms with Crippen molar-refractivity contribution >= 4 is 23.8 Å². The fourth-order valence-corrected chi connectivity index (χ4v) is 4.76. The molecule has 4 rings (SSSR count). The zero-order valence-corrected chi connectivity index (χ0v) is 22.1. The van der Waals surface area contributed by atoms with Crippen LogP contribution >= 0.6 is 0 Å². The number of carbonyl (C=O) groups is 3. The van der Waals surface area contributed by atoms with Crippen LogP contribution in [0.5, 0.6) is 0 Å². The molecule has 0 spiro atoms. The first-order valence-corrected chi connectivity index (χ1v) is 13.0. The summed E-state index contributed by atoms with van der Waals surface area (Å²) in [5, 5.41) is 17.6. The van der Waals surface area contributed by atoms with Crippen LogP contribution < -0.4 is 16.0 Å². The van der Waals surface area contributed by atoms with Gasteiger partial charge in [0.05, 0.1) is 19.8 Å². The molecule has 210 valence electrons. The van der Waals surface area contributed by atoms with E-state index in [0.717, 1.165) is 16.7 Å². The third-order valence-electron chi connectivity index (χ3n) is 6.70. The van der Waals surface area contributed by atoms with Crippen LogP contribution in [0.3, 0.4) is 0 Å². The third kappa shape index (κ3) is 7.81. The van der Waals surface area contributed by atoms with Gasteiger partial charge in [-0.1, -0.05) is 78.9 Å². The number of benzene rings is 3. The molecule has 0 unspecified atom stereocenters. The zero-order chi connectivity index (χ0) is 28.3. The van der Waals surface area contributed by atoms with Crippen LogP contribution in [0.1, 0.15) is 29.0 Å². The Labute approximate surface area is 232 Å². The number of carbonyl (C=O) groups excluding carboxylic acids is 2. The molecule has 0 aromatic heterocycles. The van der Waals surface area contributed by atoms with Crippen LogP contribution in [0.4, 0.5) is 15.3 Å². The fraction of sp³-hybridized carbons (Fsp3) is 0.300. The van der Waals surface area contributed by atoms with E-state index in [4.69, 9.17) is 19.3 Å². The molecule has 1 fully saturated rings. The maximum Gasteiger partial charge on any atom is 0.507 e. The van der Waals surface area contributed by atoms with Crippen molar-refractivity contribution in [1.82, 2.24) is 10.6 Å². The number of hydrogen-bond donors (Lipinski definition) is 4. The summed E-state index contributed by atoms with van der Waals surface area (Å²) in [6, 6.07) is 25.6. The second-order valence-corrected chi connectivity index (χ2v) is 9.33. The number of ether oxygens (including phenoxy) is 3. The van der Waals surface area contributed by atoms with E-state index in [2.05, 4.69) is 16.0 Å². The highest BCUT2D eigenvalue weighted by atomic mass is 16.7. The molecular formula is C30H33N3O7. The Balaban J connectivity index is 1.51. The smallest absolute Gasteiger partial charge is 0.453 e. The van der Waals surface area contributed by atoms with Crippen LogP contribution in [0.15, 0.2) is 84.9 Å². The summed E-state index contributed by atoms with van der Waals surface area (Å²) in [6.07, 6.45) is -1.67. The first kappa shape index (κ1) is 28.6. The van der Waals surface area contributed by atoms with Crippen LogP contribution in [0, 0.1) is 0 Å². The van der Waals surface area contributed by atoms with E-state index < -0.39 is 30.4 Å². The quantitative estimate of drug-likeness (QED) is 0.279. The van der Waals surface area contributed by atoms with Gasteiger partial charge in [0.25, 0.3) is 0 Å². The van der Waals surface area contributed by atoms with Gasteiger partial charge in [-0.15, -0.1) is 0 Å². The number of methoxy groups -OCH3 is 1. The molecule has 40 heavy (non-hydrogen) atoms. The minimum atomic E-state index is -1.36. The number of nitrogens with one attached hydrogen (secondary N) is 3. The minimum absolute atomic E-state index is 0.122. The molecule has 1 aliphatic rings. The summed E-state index contributed by atoms with van der Waals surface area (Å²) in [5.41, 5.74) is 3.26.